The lowest BCUT2D eigenvalue weighted by atomic mass is 9.91. The van der Waals surface area contributed by atoms with Gasteiger partial charge in [0.05, 0.1) is 45.2 Å². The molecule has 1 aliphatic heterocycles. The molecule has 0 aromatic rings. The largest absolute Gasteiger partial charge is 0.390 e. The van der Waals surface area contributed by atoms with Gasteiger partial charge in [-0.1, -0.05) is 6.92 Å². The second-order valence-electron chi connectivity index (χ2n) is 6.00. The first-order chi connectivity index (χ1) is 12.5. The Kier molecular flexibility index (Phi) is 11.9. The number of carbonyl (C=O) groups excluding carboxylic acids is 1. The Bertz CT molecular complexity index is 385. The van der Waals surface area contributed by atoms with E-state index in [2.05, 4.69) is 5.32 Å². The van der Waals surface area contributed by atoms with Crippen LogP contribution in [-0.2, 0) is 28.5 Å². The quantitative estimate of drug-likeness (QED) is 0.263. The number of hydrogen-bond donors (Lipinski definition) is 4. The van der Waals surface area contributed by atoms with Crippen molar-refractivity contribution in [2.45, 2.75) is 31.5 Å². The van der Waals surface area contributed by atoms with Gasteiger partial charge in [-0.3, -0.25) is 4.79 Å². The number of carbonyl (C=O) groups is 1. The zero-order valence-corrected chi connectivity index (χ0v) is 15.5. The van der Waals surface area contributed by atoms with Crippen molar-refractivity contribution in [2.24, 2.45) is 11.7 Å². The zero-order chi connectivity index (χ0) is 19.4. The first-order valence-electron chi connectivity index (χ1n) is 8.75. The number of ether oxygens (including phenoxy) is 5. The molecule has 0 bridgehead atoms. The third kappa shape index (κ3) is 8.23. The Balaban J connectivity index is 2.10. The molecular weight excluding hydrogens is 348 g/mol. The molecule has 1 aliphatic rings. The van der Waals surface area contributed by atoms with Crippen molar-refractivity contribution in [3.63, 3.8) is 0 Å². The molecule has 154 valence electrons. The molecule has 0 radical (unpaired) electrons. The van der Waals surface area contributed by atoms with Crippen molar-refractivity contribution >= 4 is 5.91 Å². The lowest BCUT2D eigenvalue weighted by Crippen LogP contribution is -2.55. The molecule has 0 spiro atoms. The molecule has 5 atom stereocenters. The van der Waals surface area contributed by atoms with E-state index >= 15 is 0 Å². The van der Waals surface area contributed by atoms with E-state index in [0.717, 1.165) is 0 Å². The van der Waals surface area contributed by atoms with Gasteiger partial charge < -0.3 is 44.9 Å². The SMILES string of the molecule is CO[C@@H]1OC(COCC(=O)NCCOCCOCCN)[C@@H](C)[C@H](O)C1O. The topological polar surface area (TPSA) is 142 Å². The van der Waals surface area contributed by atoms with Gasteiger partial charge in [0.25, 0.3) is 0 Å². The Hall–Kier alpha value is -0.850. The minimum absolute atomic E-state index is 0.104. The standard InChI is InChI=1S/C16H32N2O8/c1-11-12(26-16(22-2)15(21)14(11)20)9-25-10-13(19)18-4-6-24-8-7-23-5-3-17/h11-12,14-16,20-21H,3-10,17H2,1-2H3,(H,18,19)/t11-,12?,14+,15?,16-/m1/s1. The van der Waals surface area contributed by atoms with Gasteiger partial charge in [0, 0.05) is 26.1 Å². The van der Waals surface area contributed by atoms with E-state index in [1.165, 1.54) is 7.11 Å². The molecule has 1 heterocycles. The van der Waals surface area contributed by atoms with E-state index in [1.807, 2.05) is 0 Å². The van der Waals surface area contributed by atoms with Gasteiger partial charge in [-0.25, -0.2) is 0 Å². The average molecular weight is 380 g/mol. The molecule has 10 nitrogen and oxygen atoms in total. The summed E-state index contributed by atoms with van der Waals surface area (Å²) in [6.45, 7) is 4.34. The van der Waals surface area contributed by atoms with Crippen molar-refractivity contribution in [3.05, 3.63) is 0 Å². The summed E-state index contributed by atoms with van der Waals surface area (Å²) in [5, 5.41) is 22.5. The van der Waals surface area contributed by atoms with E-state index in [1.54, 1.807) is 6.92 Å². The molecule has 0 aromatic carbocycles. The highest BCUT2D eigenvalue weighted by Crippen LogP contribution is 2.26. The molecule has 1 rings (SSSR count). The predicted molar refractivity (Wildman–Crippen MR) is 91.4 cm³/mol. The fourth-order valence-electron chi connectivity index (χ4n) is 2.44. The van der Waals surface area contributed by atoms with Gasteiger partial charge in [0.1, 0.15) is 12.7 Å². The minimum Gasteiger partial charge on any atom is -0.390 e. The summed E-state index contributed by atoms with van der Waals surface area (Å²) in [5.74, 6) is -0.630. The van der Waals surface area contributed by atoms with Gasteiger partial charge in [0.2, 0.25) is 5.91 Å². The Morgan fingerprint density at radius 1 is 1.12 bits per heavy atom. The fraction of sp³-hybridized carbons (Fsp3) is 0.938. The summed E-state index contributed by atoms with van der Waals surface area (Å²) < 4.78 is 26.3. The van der Waals surface area contributed by atoms with Crippen molar-refractivity contribution < 1.29 is 38.7 Å². The van der Waals surface area contributed by atoms with E-state index in [9.17, 15) is 15.0 Å². The number of hydrogen-bond acceptors (Lipinski definition) is 9. The third-order valence-corrected chi connectivity index (χ3v) is 4.01. The lowest BCUT2D eigenvalue weighted by Gasteiger charge is -2.40. The van der Waals surface area contributed by atoms with Crippen LogP contribution in [0.15, 0.2) is 0 Å². The summed E-state index contributed by atoms with van der Waals surface area (Å²) >= 11 is 0. The first-order valence-corrected chi connectivity index (χ1v) is 8.75. The maximum atomic E-state index is 11.7. The molecule has 1 saturated heterocycles. The monoisotopic (exact) mass is 380 g/mol. The Morgan fingerprint density at radius 3 is 2.46 bits per heavy atom. The van der Waals surface area contributed by atoms with Gasteiger partial charge in [-0.2, -0.15) is 0 Å². The minimum atomic E-state index is -1.12. The number of amides is 1. The van der Waals surface area contributed by atoms with E-state index in [0.29, 0.717) is 39.5 Å². The predicted octanol–water partition coefficient (Wildman–Crippen LogP) is -2.16. The zero-order valence-electron chi connectivity index (χ0n) is 15.5. The van der Waals surface area contributed by atoms with Crippen LogP contribution in [-0.4, -0.2) is 101 Å². The molecule has 1 fully saturated rings. The van der Waals surface area contributed by atoms with Crippen molar-refractivity contribution in [2.75, 3.05) is 59.8 Å². The number of nitrogens with two attached hydrogens (primary N) is 1. The summed E-state index contributed by atoms with van der Waals surface area (Å²) in [4.78, 5) is 11.7. The second-order valence-corrected chi connectivity index (χ2v) is 6.00. The van der Waals surface area contributed by atoms with Crippen LogP contribution in [0.1, 0.15) is 6.92 Å². The highest BCUT2D eigenvalue weighted by molar-refractivity contribution is 5.77. The lowest BCUT2D eigenvalue weighted by molar-refractivity contribution is -0.282. The molecule has 0 aromatic heterocycles. The smallest absolute Gasteiger partial charge is 0.246 e. The van der Waals surface area contributed by atoms with Crippen LogP contribution in [0.2, 0.25) is 0 Å². The fourth-order valence-corrected chi connectivity index (χ4v) is 2.44. The van der Waals surface area contributed by atoms with Crippen LogP contribution < -0.4 is 11.1 Å². The molecular formula is C16H32N2O8. The van der Waals surface area contributed by atoms with Crippen LogP contribution in [0.3, 0.4) is 0 Å². The summed E-state index contributed by atoms with van der Waals surface area (Å²) in [6, 6.07) is 0. The van der Waals surface area contributed by atoms with Gasteiger partial charge in [0.15, 0.2) is 6.29 Å². The number of aliphatic hydroxyl groups is 2. The maximum absolute atomic E-state index is 11.7. The molecule has 1 amide bonds. The van der Waals surface area contributed by atoms with Crippen LogP contribution in [0, 0.1) is 5.92 Å². The first kappa shape index (κ1) is 23.2. The highest BCUT2D eigenvalue weighted by Gasteiger charge is 2.42. The van der Waals surface area contributed by atoms with Crippen LogP contribution in [0.5, 0.6) is 0 Å². The van der Waals surface area contributed by atoms with Crippen LogP contribution in [0.4, 0.5) is 0 Å². The van der Waals surface area contributed by atoms with E-state index in [-0.39, 0.29) is 25.0 Å². The van der Waals surface area contributed by atoms with Crippen molar-refractivity contribution in [1.82, 2.24) is 5.32 Å². The van der Waals surface area contributed by atoms with Crippen molar-refractivity contribution in [3.8, 4) is 0 Å². The van der Waals surface area contributed by atoms with Gasteiger partial charge in [-0.05, 0) is 0 Å². The summed E-state index contributed by atoms with van der Waals surface area (Å²) in [7, 11) is 1.38. The van der Waals surface area contributed by atoms with Crippen molar-refractivity contribution in [1.29, 1.82) is 0 Å². The van der Waals surface area contributed by atoms with E-state index in [4.69, 9.17) is 29.4 Å². The van der Waals surface area contributed by atoms with Gasteiger partial charge >= 0.3 is 0 Å². The molecule has 5 N–H and O–H groups in total. The second kappa shape index (κ2) is 13.3. The number of rotatable bonds is 13. The third-order valence-electron chi connectivity index (χ3n) is 4.01. The van der Waals surface area contributed by atoms with Crippen LogP contribution in [0.25, 0.3) is 0 Å². The summed E-state index contributed by atoms with van der Waals surface area (Å²) in [6.07, 6.45) is -3.50. The summed E-state index contributed by atoms with van der Waals surface area (Å²) in [5.41, 5.74) is 5.28. The molecule has 0 aliphatic carbocycles. The molecule has 26 heavy (non-hydrogen) atoms. The number of nitrogens with one attached hydrogen (secondary N) is 1. The highest BCUT2D eigenvalue weighted by atomic mass is 16.7. The van der Waals surface area contributed by atoms with Crippen LogP contribution >= 0.6 is 0 Å². The molecule has 0 saturated carbocycles. The Labute approximate surface area is 153 Å². The molecule has 10 heteroatoms. The maximum Gasteiger partial charge on any atom is 0.246 e. The Morgan fingerprint density at radius 2 is 1.81 bits per heavy atom. The van der Waals surface area contributed by atoms with E-state index < -0.39 is 24.6 Å². The van der Waals surface area contributed by atoms with Gasteiger partial charge in [-0.15, -0.1) is 0 Å². The number of methoxy groups -OCH3 is 1. The molecule has 2 unspecified atom stereocenters. The normalized spacial score (nSPS) is 28.9. The average Bonchev–Trinajstić information content (AvgIpc) is 2.64. The number of aliphatic hydroxyl groups excluding tert-OH is 2.